The molecule has 0 aliphatic carbocycles. The first-order valence-electron chi connectivity index (χ1n) is 5.52. The predicted octanol–water partition coefficient (Wildman–Crippen LogP) is 2.36. The first-order valence-corrected chi connectivity index (χ1v) is 5.52. The number of benzene rings is 1. The van der Waals surface area contributed by atoms with E-state index in [9.17, 15) is 0 Å². The Balaban J connectivity index is 2.02. The van der Waals surface area contributed by atoms with Gasteiger partial charge < -0.3 is 14.9 Å². The Morgan fingerprint density at radius 3 is 2.76 bits per heavy atom. The van der Waals surface area contributed by atoms with Crippen molar-refractivity contribution in [1.29, 1.82) is 0 Å². The number of rotatable bonds is 4. The molecule has 0 saturated carbocycles. The van der Waals surface area contributed by atoms with Gasteiger partial charge in [0.05, 0.1) is 12.8 Å². The van der Waals surface area contributed by atoms with Crippen LogP contribution in [0, 0.1) is 6.92 Å². The molecule has 1 heterocycles. The molecule has 17 heavy (non-hydrogen) atoms. The Labute approximate surface area is 100 Å². The van der Waals surface area contributed by atoms with E-state index in [0.717, 1.165) is 29.8 Å². The number of oxazole rings is 1. The molecule has 0 saturated heterocycles. The van der Waals surface area contributed by atoms with Crippen LogP contribution in [0.25, 0.3) is 0 Å². The van der Waals surface area contributed by atoms with Gasteiger partial charge >= 0.3 is 0 Å². The maximum absolute atomic E-state index is 5.42. The first kappa shape index (κ1) is 11.5. The van der Waals surface area contributed by atoms with E-state index >= 15 is 0 Å². The highest BCUT2D eigenvalue weighted by Crippen LogP contribution is 2.19. The van der Waals surface area contributed by atoms with Crippen molar-refractivity contribution in [2.45, 2.75) is 19.8 Å². The van der Waals surface area contributed by atoms with E-state index in [1.807, 2.05) is 13.0 Å². The Morgan fingerprint density at radius 2 is 2.18 bits per heavy atom. The minimum absolute atomic E-state index is 0.228. The van der Waals surface area contributed by atoms with Crippen molar-refractivity contribution in [3.8, 4) is 5.75 Å². The number of nitrogen functional groups attached to an aromatic ring is 1. The Morgan fingerprint density at radius 1 is 1.35 bits per heavy atom. The van der Waals surface area contributed by atoms with Gasteiger partial charge in [-0.15, -0.1) is 0 Å². The van der Waals surface area contributed by atoms with E-state index in [2.05, 4.69) is 17.1 Å². The molecule has 0 radical (unpaired) electrons. The van der Waals surface area contributed by atoms with Crippen LogP contribution in [0.2, 0.25) is 0 Å². The minimum atomic E-state index is 0.228. The van der Waals surface area contributed by atoms with Gasteiger partial charge in [0.1, 0.15) is 12.0 Å². The second kappa shape index (κ2) is 4.91. The predicted molar refractivity (Wildman–Crippen MR) is 66.1 cm³/mol. The van der Waals surface area contributed by atoms with E-state index in [1.165, 1.54) is 5.56 Å². The van der Waals surface area contributed by atoms with E-state index in [1.54, 1.807) is 13.4 Å². The summed E-state index contributed by atoms with van der Waals surface area (Å²) in [7, 11) is 1.68. The van der Waals surface area contributed by atoms with Crippen molar-refractivity contribution in [3.05, 3.63) is 41.3 Å². The van der Waals surface area contributed by atoms with Crippen LogP contribution in [0.4, 0.5) is 6.01 Å². The van der Waals surface area contributed by atoms with E-state index in [0.29, 0.717) is 0 Å². The average Bonchev–Trinajstić information content (AvgIpc) is 2.73. The van der Waals surface area contributed by atoms with Crippen molar-refractivity contribution >= 4 is 6.01 Å². The van der Waals surface area contributed by atoms with Crippen molar-refractivity contribution < 1.29 is 9.15 Å². The summed E-state index contributed by atoms with van der Waals surface area (Å²) in [5, 5.41) is 0. The summed E-state index contributed by atoms with van der Waals surface area (Å²) in [5.74, 6) is 0.916. The molecular weight excluding hydrogens is 216 g/mol. The van der Waals surface area contributed by atoms with Gasteiger partial charge in [0.15, 0.2) is 0 Å². The fourth-order valence-electron chi connectivity index (χ4n) is 1.81. The molecule has 0 unspecified atom stereocenters. The van der Waals surface area contributed by atoms with Crippen LogP contribution in [0.5, 0.6) is 5.75 Å². The molecule has 0 aliphatic rings. The Bertz CT molecular complexity index is 506. The normalized spacial score (nSPS) is 10.5. The fraction of sp³-hybridized carbons (Fsp3) is 0.308. The topological polar surface area (TPSA) is 61.3 Å². The lowest BCUT2D eigenvalue weighted by molar-refractivity contribution is 0.411. The summed E-state index contributed by atoms with van der Waals surface area (Å²) in [6.45, 7) is 2.04. The number of nitrogens with two attached hydrogens (primary N) is 1. The van der Waals surface area contributed by atoms with E-state index < -0.39 is 0 Å². The molecule has 0 amide bonds. The summed E-state index contributed by atoms with van der Waals surface area (Å²) < 4.78 is 10.2. The van der Waals surface area contributed by atoms with Crippen LogP contribution in [-0.2, 0) is 12.8 Å². The number of aryl methyl sites for hydroxylation is 3. The van der Waals surface area contributed by atoms with Crippen molar-refractivity contribution in [2.75, 3.05) is 12.8 Å². The molecule has 0 aliphatic heterocycles. The Kier molecular flexibility index (Phi) is 3.32. The van der Waals surface area contributed by atoms with Crippen molar-refractivity contribution in [1.82, 2.24) is 4.98 Å². The van der Waals surface area contributed by atoms with Gasteiger partial charge in [0, 0.05) is 0 Å². The van der Waals surface area contributed by atoms with Crippen LogP contribution in [0.15, 0.2) is 28.9 Å². The minimum Gasteiger partial charge on any atom is -0.496 e. The second-order valence-electron chi connectivity index (χ2n) is 3.98. The summed E-state index contributed by atoms with van der Waals surface area (Å²) >= 11 is 0. The second-order valence-corrected chi connectivity index (χ2v) is 3.98. The number of aromatic nitrogens is 1. The third-order valence-electron chi connectivity index (χ3n) is 2.70. The molecule has 4 nitrogen and oxygen atoms in total. The Hall–Kier alpha value is -1.97. The van der Waals surface area contributed by atoms with Gasteiger partial charge in [-0.2, -0.15) is 4.98 Å². The number of hydrogen-bond donors (Lipinski definition) is 1. The monoisotopic (exact) mass is 232 g/mol. The molecule has 2 aromatic rings. The van der Waals surface area contributed by atoms with Crippen molar-refractivity contribution in [3.63, 3.8) is 0 Å². The molecule has 0 fully saturated rings. The van der Waals surface area contributed by atoms with Crippen LogP contribution in [0.3, 0.4) is 0 Å². The number of hydrogen-bond acceptors (Lipinski definition) is 4. The average molecular weight is 232 g/mol. The molecule has 4 heteroatoms. The van der Waals surface area contributed by atoms with Gasteiger partial charge in [-0.1, -0.05) is 12.1 Å². The highest BCUT2D eigenvalue weighted by atomic mass is 16.5. The van der Waals surface area contributed by atoms with E-state index in [-0.39, 0.29) is 6.01 Å². The quantitative estimate of drug-likeness (QED) is 0.879. The van der Waals surface area contributed by atoms with Crippen LogP contribution in [0.1, 0.15) is 16.8 Å². The molecule has 0 spiro atoms. The molecule has 0 bridgehead atoms. The number of methoxy groups -OCH3 is 1. The SMILES string of the molecule is COc1ccc(CCc2coc(N)n2)cc1C. The highest BCUT2D eigenvalue weighted by molar-refractivity contribution is 5.36. The lowest BCUT2D eigenvalue weighted by atomic mass is 10.1. The lowest BCUT2D eigenvalue weighted by Gasteiger charge is -2.06. The van der Waals surface area contributed by atoms with Gasteiger partial charge in [-0.05, 0) is 37.0 Å². The highest BCUT2D eigenvalue weighted by Gasteiger charge is 2.03. The summed E-state index contributed by atoms with van der Waals surface area (Å²) in [6.07, 6.45) is 3.34. The summed E-state index contributed by atoms with van der Waals surface area (Å²) in [6, 6.07) is 6.41. The summed E-state index contributed by atoms with van der Waals surface area (Å²) in [4.78, 5) is 4.07. The molecule has 90 valence electrons. The van der Waals surface area contributed by atoms with Gasteiger partial charge in [-0.3, -0.25) is 0 Å². The van der Waals surface area contributed by atoms with Gasteiger partial charge in [0.2, 0.25) is 0 Å². The standard InChI is InChI=1S/C13H16N2O2/c1-9-7-10(4-6-12(9)16-2)3-5-11-8-17-13(14)15-11/h4,6-8H,3,5H2,1-2H3,(H2,14,15). The number of anilines is 1. The van der Waals surface area contributed by atoms with Crippen molar-refractivity contribution in [2.24, 2.45) is 0 Å². The first-order chi connectivity index (χ1) is 8.19. The van der Waals surface area contributed by atoms with Crippen LogP contribution >= 0.6 is 0 Å². The zero-order valence-corrected chi connectivity index (χ0v) is 10.1. The lowest BCUT2D eigenvalue weighted by Crippen LogP contribution is -1.94. The van der Waals surface area contributed by atoms with Crippen LogP contribution < -0.4 is 10.5 Å². The van der Waals surface area contributed by atoms with Crippen LogP contribution in [-0.4, -0.2) is 12.1 Å². The van der Waals surface area contributed by atoms with E-state index in [4.69, 9.17) is 14.9 Å². The third kappa shape index (κ3) is 2.78. The molecule has 1 aromatic heterocycles. The molecule has 2 N–H and O–H groups in total. The number of nitrogens with zero attached hydrogens (tertiary/aromatic N) is 1. The molecule has 2 rings (SSSR count). The zero-order chi connectivity index (χ0) is 12.3. The zero-order valence-electron chi connectivity index (χ0n) is 10.1. The maximum atomic E-state index is 5.42. The van der Waals surface area contributed by atoms with Gasteiger partial charge in [0.25, 0.3) is 6.01 Å². The number of ether oxygens (including phenoxy) is 1. The molecule has 0 atom stereocenters. The van der Waals surface area contributed by atoms with Gasteiger partial charge in [-0.25, -0.2) is 0 Å². The maximum Gasteiger partial charge on any atom is 0.292 e. The fourth-order valence-corrected chi connectivity index (χ4v) is 1.81. The third-order valence-corrected chi connectivity index (χ3v) is 2.70. The summed E-state index contributed by atoms with van der Waals surface area (Å²) in [5.41, 5.74) is 8.70. The molecular formula is C13H16N2O2. The molecule has 1 aromatic carbocycles. The largest absolute Gasteiger partial charge is 0.496 e. The smallest absolute Gasteiger partial charge is 0.292 e.